The Hall–Kier alpha value is -1.39. The number of rotatable bonds is 2. The number of hydrogen-bond donors (Lipinski definition) is 1. The Bertz CT molecular complexity index is 471. The van der Waals surface area contributed by atoms with Crippen molar-refractivity contribution >= 4 is 11.6 Å². The highest BCUT2D eigenvalue weighted by Crippen LogP contribution is 2.17. The second-order valence-electron chi connectivity index (χ2n) is 3.62. The molecule has 0 fully saturated rings. The number of hydrogen-bond acceptors (Lipinski definition) is 3. The molecule has 2 aromatic heterocycles. The van der Waals surface area contributed by atoms with Gasteiger partial charge < -0.3 is 5.11 Å². The van der Waals surface area contributed by atoms with E-state index >= 15 is 0 Å². The van der Waals surface area contributed by atoms with Crippen LogP contribution in [-0.2, 0) is 0 Å². The first kappa shape index (κ1) is 11.1. The molecule has 5 heteroatoms. The number of pyridine rings is 1. The van der Waals surface area contributed by atoms with E-state index in [9.17, 15) is 5.11 Å². The zero-order chi connectivity index (χ0) is 11.7. The molecule has 0 saturated carbocycles. The quantitative estimate of drug-likeness (QED) is 0.872. The molecule has 16 heavy (non-hydrogen) atoms. The van der Waals surface area contributed by atoms with E-state index in [1.807, 2.05) is 13.0 Å². The van der Waals surface area contributed by atoms with Crippen LogP contribution < -0.4 is 0 Å². The first-order valence-electron chi connectivity index (χ1n) is 4.94. The average molecular weight is 238 g/mol. The third-order valence-corrected chi connectivity index (χ3v) is 2.67. The van der Waals surface area contributed by atoms with Gasteiger partial charge in [-0.05, 0) is 26.0 Å². The summed E-state index contributed by atoms with van der Waals surface area (Å²) in [7, 11) is 0. The van der Waals surface area contributed by atoms with E-state index in [2.05, 4.69) is 10.1 Å². The first-order chi connectivity index (χ1) is 7.58. The summed E-state index contributed by atoms with van der Waals surface area (Å²) in [5.41, 5.74) is 2.24. The van der Waals surface area contributed by atoms with Crippen molar-refractivity contribution in [3.63, 3.8) is 0 Å². The molecular weight excluding hydrogens is 226 g/mol. The largest absolute Gasteiger partial charge is 0.387 e. The van der Waals surface area contributed by atoms with Crippen molar-refractivity contribution in [2.45, 2.75) is 20.0 Å². The van der Waals surface area contributed by atoms with E-state index in [0.29, 0.717) is 10.7 Å². The zero-order valence-corrected chi connectivity index (χ0v) is 9.81. The summed E-state index contributed by atoms with van der Waals surface area (Å²) in [6, 6.07) is 3.61. The summed E-state index contributed by atoms with van der Waals surface area (Å²) < 4.78 is 1.66. The molecule has 2 aromatic rings. The maximum Gasteiger partial charge on any atom is 0.0931 e. The first-order valence-corrected chi connectivity index (χ1v) is 5.32. The fraction of sp³-hybridized carbons (Fsp3) is 0.273. The van der Waals surface area contributed by atoms with Crippen LogP contribution in [0.1, 0.15) is 24.4 Å². The van der Waals surface area contributed by atoms with Crippen LogP contribution in [0, 0.1) is 6.92 Å². The summed E-state index contributed by atoms with van der Waals surface area (Å²) >= 11 is 5.92. The van der Waals surface area contributed by atoms with Gasteiger partial charge in [0, 0.05) is 6.20 Å². The lowest BCUT2D eigenvalue weighted by molar-refractivity contribution is 0.194. The normalized spacial score (nSPS) is 12.8. The standard InChI is InChI=1S/C11H12ClN3O/c1-7-10(12)6-15(14-7)9-3-4-11(8(2)16)13-5-9/h3-6,8,16H,1-2H3/t8-/m1/s1. The monoisotopic (exact) mass is 237 g/mol. The highest BCUT2D eigenvalue weighted by atomic mass is 35.5. The fourth-order valence-corrected chi connectivity index (χ4v) is 1.48. The minimum Gasteiger partial charge on any atom is -0.387 e. The van der Waals surface area contributed by atoms with Gasteiger partial charge in [0.15, 0.2) is 0 Å². The van der Waals surface area contributed by atoms with Crippen molar-refractivity contribution < 1.29 is 5.11 Å². The van der Waals surface area contributed by atoms with Crippen molar-refractivity contribution in [2.24, 2.45) is 0 Å². The number of aryl methyl sites for hydroxylation is 1. The molecule has 0 radical (unpaired) electrons. The van der Waals surface area contributed by atoms with Gasteiger partial charge in [-0.25, -0.2) is 4.68 Å². The number of aliphatic hydroxyl groups excluding tert-OH is 1. The summed E-state index contributed by atoms with van der Waals surface area (Å²) in [5.74, 6) is 0. The molecule has 0 amide bonds. The molecule has 4 nitrogen and oxygen atoms in total. The lowest BCUT2D eigenvalue weighted by Gasteiger charge is -2.05. The summed E-state index contributed by atoms with van der Waals surface area (Å²) in [4.78, 5) is 4.14. The molecular formula is C11H12ClN3O. The van der Waals surface area contributed by atoms with Gasteiger partial charge in [0.2, 0.25) is 0 Å². The Balaban J connectivity index is 2.34. The molecule has 2 heterocycles. The van der Waals surface area contributed by atoms with E-state index < -0.39 is 6.10 Å². The third-order valence-electron chi connectivity index (χ3n) is 2.30. The molecule has 1 N–H and O–H groups in total. The van der Waals surface area contributed by atoms with Crippen LogP contribution >= 0.6 is 11.6 Å². The molecule has 0 aliphatic heterocycles. The number of halogens is 1. The van der Waals surface area contributed by atoms with Crippen LogP contribution in [0.25, 0.3) is 5.69 Å². The lowest BCUT2D eigenvalue weighted by atomic mass is 10.2. The molecule has 0 unspecified atom stereocenters. The SMILES string of the molecule is Cc1nn(-c2ccc([C@@H](C)O)nc2)cc1Cl. The van der Waals surface area contributed by atoms with Crippen molar-refractivity contribution in [1.29, 1.82) is 0 Å². The number of aromatic nitrogens is 3. The van der Waals surface area contributed by atoms with Crippen molar-refractivity contribution in [3.05, 3.63) is 40.9 Å². The molecule has 0 aliphatic carbocycles. The Kier molecular flexibility index (Phi) is 2.94. The minimum absolute atomic E-state index is 0.558. The van der Waals surface area contributed by atoms with Gasteiger partial charge in [-0.15, -0.1) is 0 Å². The molecule has 0 saturated heterocycles. The second-order valence-corrected chi connectivity index (χ2v) is 4.03. The van der Waals surface area contributed by atoms with Gasteiger partial charge in [0.1, 0.15) is 0 Å². The van der Waals surface area contributed by atoms with Crippen molar-refractivity contribution in [3.8, 4) is 5.69 Å². The molecule has 1 atom stereocenters. The Morgan fingerprint density at radius 1 is 1.44 bits per heavy atom. The summed E-state index contributed by atoms with van der Waals surface area (Å²) in [5, 5.41) is 14.2. The van der Waals surface area contributed by atoms with Crippen LogP contribution in [0.2, 0.25) is 5.02 Å². The van der Waals surface area contributed by atoms with Crippen LogP contribution in [-0.4, -0.2) is 19.9 Å². The highest BCUT2D eigenvalue weighted by molar-refractivity contribution is 6.31. The molecule has 0 aliphatic rings. The van der Waals surface area contributed by atoms with Gasteiger partial charge in [0.05, 0.1) is 34.4 Å². The summed E-state index contributed by atoms with van der Waals surface area (Å²) in [6.45, 7) is 3.52. The molecule has 84 valence electrons. The van der Waals surface area contributed by atoms with Gasteiger partial charge in [-0.1, -0.05) is 11.6 Å². The molecule has 2 rings (SSSR count). The van der Waals surface area contributed by atoms with Crippen molar-refractivity contribution in [1.82, 2.24) is 14.8 Å². The predicted molar refractivity (Wildman–Crippen MR) is 61.7 cm³/mol. The number of nitrogens with zero attached hydrogens (tertiary/aromatic N) is 3. The number of aliphatic hydroxyl groups is 1. The molecule has 0 bridgehead atoms. The average Bonchev–Trinajstić information content (AvgIpc) is 2.59. The maximum atomic E-state index is 9.33. The maximum absolute atomic E-state index is 9.33. The van der Waals surface area contributed by atoms with Crippen LogP contribution in [0.15, 0.2) is 24.5 Å². The fourth-order valence-electron chi connectivity index (χ4n) is 1.35. The van der Waals surface area contributed by atoms with Crippen LogP contribution in [0.3, 0.4) is 0 Å². The Morgan fingerprint density at radius 2 is 2.19 bits per heavy atom. The third kappa shape index (κ3) is 2.08. The van der Waals surface area contributed by atoms with Crippen LogP contribution in [0.4, 0.5) is 0 Å². The minimum atomic E-state index is -0.558. The van der Waals surface area contributed by atoms with E-state index in [1.54, 1.807) is 30.1 Å². The van der Waals surface area contributed by atoms with Gasteiger partial charge >= 0.3 is 0 Å². The predicted octanol–water partition coefficient (Wildman–Crippen LogP) is 2.28. The zero-order valence-electron chi connectivity index (χ0n) is 9.05. The van der Waals surface area contributed by atoms with E-state index in [0.717, 1.165) is 11.4 Å². The van der Waals surface area contributed by atoms with Gasteiger partial charge in [-0.2, -0.15) is 5.10 Å². The van der Waals surface area contributed by atoms with E-state index in [4.69, 9.17) is 11.6 Å². The Labute approximate surface area is 98.5 Å². The highest BCUT2D eigenvalue weighted by Gasteiger charge is 2.06. The molecule has 0 aromatic carbocycles. The lowest BCUT2D eigenvalue weighted by Crippen LogP contribution is -1.99. The second kappa shape index (κ2) is 4.23. The summed E-state index contributed by atoms with van der Waals surface area (Å²) in [6.07, 6.45) is 2.83. The van der Waals surface area contributed by atoms with Gasteiger partial charge in [0.25, 0.3) is 0 Å². The topological polar surface area (TPSA) is 50.9 Å². The van der Waals surface area contributed by atoms with Crippen LogP contribution in [0.5, 0.6) is 0 Å². The van der Waals surface area contributed by atoms with E-state index in [-0.39, 0.29) is 0 Å². The smallest absolute Gasteiger partial charge is 0.0931 e. The van der Waals surface area contributed by atoms with Crippen molar-refractivity contribution in [2.75, 3.05) is 0 Å². The Morgan fingerprint density at radius 3 is 2.62 bits per heavy atom. The van der Waals surface area contributed by atoms with Gasteiger partial charge in [-0.3, -0.25) is 4.98 Å². The molecule has 0 spiro atoms. The van der Waals surface area contributed by atoms with E-state index in [1.165, 1.54) is 0 Å².